The van der Waals surface area contributed by atoms with Gasteiger partial charge in [-0.05, 0) is 33.1 Å². The van der Waals surface area contributed by atoms with Gasteiger partial charge < -0.3 is 4.74 Å². The van der Waals surface area contributed by atoms with Crippen LogP contribution in [-0.2, 0) is 9.53 Å². The molecule has 1 atom stereocenters. The Bertz CT molecular complexity index is 337. The van der Waals surface area contributed by atoms with Gasteiger partial charge in [-0.2, -0.15) is 0 Å². The molecule has 0 radical (unpaired) electrons. The summed E-state index contributed by atoms with van der Waals surface area (Å²) in [6.45, 7) is 4.84. The highest BCUT2D eigenvalue weighted by atomic mass is 79.9. The molecular weight excluding hydrogens is 298 g/mol. The molecule has 0 aromatic rings. The van der Waals surface area contributed by atoms with Crippen LogP contribution in [0.25, 0.3) is 0 Å². The number of alkyl halides is 1. The molecular formula is C13H20BrNO3. The number of nitrogens with zero attached hydrogens (tertiary/aromatic N) is 1. The number of allylic oxidation sites excluding steroid dienone is 2. The van der Waals surface area contributed by atoms with Gasteiger partial charge in [0.1, 0.15) is 6.61 Å². The molecule has 1 saturated heterocycles. The van der Waals surface area contributed by atoms with Gasteiger partial charge in [-0.15, -0.1) is 0 Å². The summed E-state index contributed by atoms with van der Waals surface area (Å²) in [4.78, 5) is 24.0. The lowest BCUT2D eigenvalue weighted by Gasteiger charge is -2.15. The predicted molar refractivity (Wildman–Crippen MR) is 73.7 cm³/mol. The normalized spacial score (nSPS) is 16.4. The molecule has 0 aromatic carbocycles. The van der Waals surface area contributed by atoms with Gasteiger partial charge >= 0.3 is 6.09 Å². The van der Waals surface area contributed by atoms with Gasteiger partial charge in [0.2, 0.25) is 5.91 Å². The van der Waals surface area contributed by atoms with Gasteiger partial charge in [0, 0.05) is 0 Å². The number of carbonyl (C=O) groups is 2. The zero-order valence-electron chi connectivity index (χ0n) is 10.9. The number of amides is 2. The molecule has 0 aliphatic carbocycles. The van der Waals surface area contributed by atoms with Crippen LogP contribution in [0.2, 0.25) is 0 Å². The Balaban J connectivity index is 2.24. The van der Waals surface area contributed by atoms with Gasteiger partial charge in [-0.1, -0.05) is 34.0 Å². The monoisotopic (exact) mass is 317 g/mol. The average molecular weight is 318 g/mol. The van der Waals surface area contributed by atoms with E-state index in [0.29, 0.717) is 13.2 Å². The van der Waals surface area contributed by atoms with Crippen molar-refractivity contribution in [3.05, 3.63) is 11.6 Å². The molecule has 1 aliphatic rings. The third-order valence-electron chi connectivity index (χ3n) is 2.76. The van der Waals surface area contributed by atoms with Crippen molar-refractivity contribution in [1.29, 1.82) is 0 Å². The van der Waals surface area contributed by atoms with Gasteiger partial charge in [0.15, 0.2) is 0 Å². The molecule has 102 valence electrons. The van der Waals surface area contributed by atoms with Crippen LogP contribution in [0.1, 0.15) is 39.5 Å². The van der Waals surface area contributed by atoms with E-state index in [0.717, 1.165) is 25.7 Å². The molecule has 0 bridgehead atoms. The second-order valence-electron chi connectivity index (χ2n) is 4.64. The minimum atomic E-state index is -0.519. The van der Waals surface area contributed by atoms with E-state index in [2.05, 4.69) is 35.9 Å². The Hall–Kier alpha value is -0.840. The maximum Gasteiger partial charge on any atom is 0.416 e. The quantitative estimate of drug-likeness (QED) is 0.429. The molecule has 1 aliphatic heterocycles. The van der Waals surface area contributed by atoms with Crippen molar-refractivity contribution in [2.24, 2.45) is 0 Å². The minimum Gasteiger partial charge on any atom is -0.447 e. The topological polar surface area (TPSA) is 46.6 Å². The van der Waals surface area contributed by atoms with Crippen molar-refractivity contribution in [3.8, 4) is 0 Å². The molecule has 5 heteroatoms. The van der Waals surface area contributed by atoms with Gasteiger partial charge in [-0.25, -0.2) is 9.69 Å². The number of hydrogen-bond donors (Lipinski definition) is 0. The summed E-state index contributed by atoms with van der Waals surface area (Å²) in [6.07, 6.45) is 5.50. The Kier molecular flexibility index (Phi) is 6.39. The second kappa shape index (κ2) is 7.56. The van der Waals surface area contributed by atoms with Gasteiger partial charge in [-0.3, -0.25) is 4.79 Å². The van der Waals surface area contributed by atoms with Crippen molar-refractivity contribution in [3.63, 3.8) is 0 Å². The van der Waals surface area contributed by atoms with E-state index in [-0.39, 0.29) is 10.7 Å². The zero-order chi connectivity index (χ0) is 13.5. The van der Waals surface area contributed by atoms with E-state index < -0.39 is 6.09 Å². The van der Waals surface area contributed by atoms with Crippen LogP contribution in [0.15, 0.2) is 11.6 Å². The number of halogens is 1. The first kappa shape index (κ1) is 15.2. The molecule has 2 amide bonds. The Morgan fingerprint density at radius 3 is 2.78 bits per heavy atom. The van der Waals surface area contributed by atoms with E-state index in [1.165, 1.54) is 10.5 Å². The molecule has 0 saturated carbocycles. The minimum absolute atomic E-state index is 0.181. The van der Waals surface area contributed by atoms with E-state index in [9.17, 15) is 9.59 Å². The smallest absolute Gasteiger partial charge is 0.416 e. The van der Waals surface area contributed by atoms with Crippen molar-refractivity contribution >= 4 is 27.9 Å². The van der Waals surface area contributed by atoms with E-state index in [4.69, 9.17) is 4.74 Å². The molecule has 18 heavy (non-hydrogen) atoms. The largest absolute Gasteiger partial charge is 0.447 e. The summed E-state index contributed by atoms with van der Waals surface area (Å²) < 4.78 is 4.74. The van der Waals surface area contributed by atoms with Crippen molar-refractivity contribution in [1.82, 2.24) is 4.90 Å². The second-order valence-corrected chi connectivity index (χ2v) is 5.74. The van der Waals surface area contributed by atoms with Gasteiger partial charge in [0.25, 0.3) is 0 Å². The highest BCUT2D eigenvalue weighted by molar-refractivity contribution is 9.10. The van der Waals surface area contributed by atoms with Crippen LogP contribution in [0, 0.1) is 0 Å². The summed E-state index contributed by atoms with van der Waals surface area (Å²) in [5, 5.41) is 0. The molecule has 0 N–H and O–H groups in total. The van der Waals surface area contributed by atoms with E-state index in [1.807, 2.05) is 0 Å². The van der Waals surface area contributed by atoms with Crippen LogP contribution in [0.4, 0.5) is 4.79 Å². The first-order valence-electron chi connectivity index (χ1n) is 6.28. The number of cyclic esters (lactones) is 1. The molecule has 0 aromatic heterocycles. The first-order valence-corrected chi connectivity index (χ1v) is 7.19. The number of unbranched alkanes of at least 4 members (excludes halogenated alkanes) is 2. The summed E-state index contributed by atoms with van der Waals surface area (Å²) in [5.74, 6) is -0.181. The lowest BCUT2D eigenvalue weighted by Crippen LogP contribution is -2.37. The highest BCUT2D eigenvalue weighted by Crippen LogP contribution is 2.17. The van der Waals surface area contributed by atoms with Crippen LogP contribution >= 0.6 is 15.9 Å². The Morgan fingerprint density at radius 1 is 1.50 bits per heavy atom. The van der Waals surface area contributed by atoms with Crippen molar-refractivity contribution < 1.29 is 14.3 Å². The van der Waals surface area contributed by atoms with Crippen LogP contribution in [-0.4, -0.2) is 34.9 Å². The average Bonchev–Trinajstić information content (AvgIpc) is 2.73. The van der Waals surface area contributed by atoms with Gasteiger partial charge in [0.05, 0.1) is 11.4 Å². The van der Waals surface area contributed by atoms with E-state index in [1.54, 1.807) is 0 Å². The molecule has 1 rings (SSSR count). The number of ether oxygens (including phenoxy) is 1. The lowest BCUT2D eigenvalue weighted by molar-refractivity contribution is -0.127. The third kappa shape index (κ3) is 4.80. The summed E-state index contributed by atoms with van der Waals surface area (Å²) in [6, 6.07) is 0. The van der Waals surface area contributed by atoms with Crippen molar-refractivity contribution in [2.75, 3.05) is 13.2 Å². The maximum absolute atomic E-state index is 11.9. The van der Waals surface area contributed by atoms with Crippen LogP contribution in [0.3, 0.4) is 0 Å². The zero-order valence-corrected chi connectivity index (χ0v) is 12.5. The number of hydrogen-bond acceptors (Lipinski definition) is 3. The first-order chi connectivity index (χ1) is 8.52. The predicted octanol–water partition coefficient (Wildman–Crippen LogP) is 3.26. The fourth-order valence-electron chi connectivity index (χ4n) is 1.74. The third-order valence-corrected chi connectivity index (χ3v) is 3.61. The Morgan fingerprint density at radius 2 is 2.22 bits per heavy atom. The maximum atomic E-state index is 11.9. The standard InChI is InChI=1S/C13H20BrNO3/c1-10(2)6-4-3-5-7-11(14)12(16)15-8-9-18-13(15)17/h6,11H,3-5,7-9H2,1-2H3. The number of rotatable bonds is 6. The summed E-state index contributed by atoms with van der Waals surface area (Å²) in [7, 11) is 0. The summed E-state index contributed by atoms with van der Waals surface area (Å²) >= 11 is 3.35. The number of carbonyl (C=O) groups excluding carboxylic acids is 2. The highest BCUT2D eigenvalue weighted by Gasteiger charge is 2.31. The molecule has 1 fully saturated rings. The van der Waals surface area contributed by atoms with Crippen LogP contribution in [0.5, 0.6) is 0 Å². The summed E-state index contributed by atoms with van der Waals surface area (Å²) in [5.41, 5.74) is 1.32. The fraction of sp³-hybridized carbons (Fsp3) is 0.692. The molecule has 1 heterocycles. The Labute approximate surface area is 116 Å². The van der Waals surface area contributed by atoms with E-state index >= 15 is 0 Å². The fourth-order valence-corrected chi connectivity index (χ4v) is 2.32. The number of imide groups is 1. The van der Waals surface area contributed by atoms with Crippen molar-refractivity contribution in [2.45, 2.75) is 44.4 Å². The molecule has 0 spiro atoms. The lowest BCUT2D eigenvalue weighted by atomic mass is 10.1. The van der Waals surface area contributed by atoms with Crippen LogP contribution < -0.4 is 0 Å². The molecule has 1 unspecified atom stereocenters. The molecule has 4 nitrogen and oxygen atoms in total. The SMILES string of the molecule is CC(C)=CCCCCC(Br)C(=O)N1CCOC1=O.